The summed E-state index contributed by atoms with van der Waals surface area (Å²) in [5.41, 5.74) is 2.11. The lowest BCUT2D eigenvalue weighted by Crippen LogP contribution is -2.04. The summed E-state index contributed by atoms with van der Waals surface area (Å²) >= 11 is 0. The first-order chi connectivity index (χ1) is 5.75. The fourth-order valence-electron chi connectivity index (χ4n) is 0.885. The summed E-state index contributed by atoms with van der Waals surface area (Å²) in [6.07, 6.45) is 3.37. The van der Waals surface area contributed by atoms with Crippen LogP contribution in [-0.2, 0) is 0 Å². The zero-order valence-electron chi connectivity index (χ0n) is 7.46. The van der Waals surface area contributed by atoms with Crippen molar-refractivity contribution in [2.75, 3.05) is 11.9 Å². The minimum atomic E-state index is 0.733. The third kappa shape index (κ3) is 1.81. The van der Waals surface area contributed by atoms with Crippen molar-refractivity contribution in [1.82, 2.24) is 9.97 Å². The molecule has 1 rings (SSSR count). The second-order valence-corrected chi connectivity index (χ2v) is 2.60. The predicted molar refractivity (Wildman–Crippen MR) is 50.2 cm³/mol. The third-order valence-electron chi connectivity index (χ3n) is 1.75. The Morgan fingerprint density at radius 1 is 1.50 bits per heavy atom. The Labute approximate surface area is 72.6 Å². The molecule has 0 fully saturated rings. The van der Waals surface area contributed by atoms with Crippen LogP contribution in [0.3, 0.4) is 0 Å². The van der Waals surface area contributed by atoms with Crippen molar-refractivity contribution in [3.8, 4) is 0 Å². The first-order valence-electron chi connectivity index (χ1n) is 3.88. The van der Waals surface area contributed by atoms with Crippen LogP contribution in [0, 0.1) is 13.8 Å². The molecule has 0 saturated carbocycles. The number of aromatic nitrogens is 2. The van der Waals surface area contributed by atoms with Crippen molar-refractivity contribution in [1.29, 1.82) is 0 Å². The molecule has 3 heteroatoms. The second kappa shape index (κ2) is 3.85. The summed E-state index contributed by atoms with van der Waals surface area (Å²) in [6, 6.07) is 0. The lowest BCUT2D eigenvalue weighted by molar-refractivity contribution is 1.05. The molecule has 1 N–H and O–H groups in total. The van der Waals surface area contributed by atoms with E-state index in [0.717, 1.165) is 23.6 Å². The molecule has 64 valence electrons. The van der Waals surface area contributed by atoms with E-state index in [1.54, 1.807) is 12.4 Å². The third-order valence-corrected chi connectivity index (χ3v) is 1.75. The van der Waals surface area contributed by atoms with Crippen molar-refractivity contribution in [2.45, 2.75) is 13.8 Å². The van der Waals surface area contributed by atoms with Crippen LogP contribution in [0.2, 0.25) is 0 Å². The van der Waals surface area contributed by atoms with Crippen molar-refractivity contribution in [3.05, 3.63) is 30.2 Å². The molecule has 0 spiro atoms. The Hall–Kier alpha value is -1.38. The van der Waals surface area contributed by atoms with Crippen LogP contribution in [0.1, 0.15) is 11.3 Å². The number of nitrogens with one attached hydrogen (secondary N) is 1. The Morgan fingerprint density at radius 3 is 2.92 bits per heavy atom. The highest BCUT2D eigenvalue weighted by Gasteiger charge is 2.00. The van der Waals surface area contributed by atoms with Gasteiger partial charge in [0, 0.05) is 17.8 Å². The van der Waals surface area contributed by atoms with Gasteiger partial charge in [-0.05, 0) is 13.8 Å². The normalized spacial score (nSPS) is 9.50. The van der Waals surface area contributed by atoms with Crippen LogP contribution >= 0.6 is 0 Å². The molecule has 3 nitrogen and oxygen atoms in total. The molecule has 0 amide bonds. The van der Waals surface area contributed by atoms with Gasteiger partial charge >= 0.3 is 0 Å². The van der Waals surface area contributed by atoms with E-state index in [9.17, 15) is 0 Å². The summed E-state index contributed by atoms with van der Waals surface area (Å²) in [7, 11) is 0. The lowest BCUT2D eigenvalue weighted by atomic mass is 10.2. The number of aryl methyl sites for hydroxylation is 1. The quantitative estimate of drug-likeness (QED) is 0.689. The van der Waals surface area contributed by atoms with E-state index in [4.69, 9.17) is 0 Å². The molecule has 1 aromatic rings. The van der Waals surface area contributed by atoms with Crippen LogP contribution in [-0.4, -0.2) is 16.5 Å². The monoisotopic (exact) mass is 163 g/mol. The minimum absolute atomic E-state index is 0.733. The topological polar surface area (TPSA) is 37.8 Å². The number of hydrogen-bond donors (Lipinski definition) is 1. The number of nitrogens with zero attached hydrogens (tertiary/aromatic N) is 2. The van der Waals surface area contributed by atoms with E-state index in [0.29, 0.717) is 0 Å². The molecule has 1 aromatic heterocycles. The standard InChI is InChI=1S/C9H13N3/c1-4-5-10-9-7(2)8(3)11-6-12-9/h4,6H,1,5H2,2-3H3,(H,10,11,12). The van der Waals surface area contributed by atoms with Gasteiger partial charge in [-0.15, -0.1) is 6.58 Å². The van der Waals surface area contributed by atoms with Crippen molar-refractivity contribution >= 4 is 5.82 Å². The van der Waals surface area contributed by atoms with Crippen LogP contribution < -0.4 is 5.32 Å². The maximum Gasteiger partial charge on any atom is 0.132 e. The maximum absolute atomic E-state index is 4.11. The smallest absolute Gasteiger partial charge is 0.132 e. The highest BCUT2D eigenvalue weighted by Crippen LogP contribution is 2.11. The van der Waals surface area contributed by atoms with Crippen LogP contribution in [0.5, 0.6) is 0 Å². The number of anilines is 1. The summed E-state index contributed by atoms with van der Waals surface area (Å²) in [6.45, 7) is 8.32. The van der Waals surface area contributed by atoms with Gasteiger partial charge in [0.05, 0.1) is 0 Å². The highest BCUT2D eigenvalue weighted by atomic mass is 15.0. The predicted octanol–water partition coefficient (Wildman–Crippen LogP) is 1.69. The van der Waals surface area contributed by atoms with Crippen LogP contribution in [0.4, 0.5) is 5.82 Å². The SMILES string of the molecule is C=CCNc1ncnc(C)c1C. The van der Waals surface area contributed by atoms with E-state index in [1.807, 2.05) is 13.8 Å². The van der Waals surface area contributed by atoms with Gasteiger partial charge in [0.2, 0.25) is 0 Å². The zero-order valence-corrected chi connectivity index (χ0v) is 7.46. The van der Waals surface area contributed by atoms with Gasteiger partial charge in [0.25, 0.3) is 0 Å². The molecule has 1 heterocycles. The molecular weight excluding hydrogens is 150 g/mol. The molecule has 0 atom stereocenters. The van der Waals surface area contributed by atoms with E-state index < -0.39 is 0 Å². The van der Waals surface area contributed by atoms with Gasteiger partial charge < -0.3 is 5.32 Å². The Morgan fingerprint density at radius 2 is 2.25 bits per heavy atom. The zero-order chi connectivity index (χ0) is 8.97. The Balaban J connectivity index is 2.84. The van der Waals surface area contributed by atoms with E-state index in [1.165, 1.54) is 0 Å². The summed E-state index contributed by atoms with van der Waals surface area (Å²) < 4.78 is 0. The largest absolute Gasteiger partial charge is 0.366 e. The molecule has 0 saturated heterocycles. The van der Waals surface area contributed by atoms with E-state index >= 15 is 0 Å². The first-order valence-corrected chi connectivity index (χ1v) is 3.88. The highest BCUT2D eigenvalue weighted by molar-refractivity contribution is 5.44. The van der Waals surface area contributed by atoms with Crippen LogP contribution in [0.15, 0.2) is 19.0 Å². The molecule has 0 aromatic carbocycles. The lowest BCUT2D eigenvalue weighted by Gasteiger charge is -2.06. The van der Waals surface area contributed by atoms with Gasteiger partial charge in [0.1, 0.15) is 12.1 Å². The van der Waals surface area contributed by atoms with Gasteiger partial charge in [-0.1, -0.05) is 6.08 Å². The molecule has 0 aliphatic carbocycles. The first kappa shape index (κ1) is 8.71. The molecule has 0 aliphatic rings. The van der Waals surface area contributed by atoms with Gasteiger partial charge in [-0.25, -0.2) is 9.97 Å². The summed E-state index contributed by atoms with van der Waals surface area (Å²) in [4.78, 5) is 8.18. The average Bonchev–Trinajstić information content (AvgIpc) is 2.08. The van der Waals surface area contributed by atoms with E-state index in [2.05, 4.69) is 21.9 Å². The fraction of sp³-hybridized carbons (Fsp3) is 0.333. The second-order valence-electron chi connectivity index (χ2n) is 2.60. The molecular formula is C9H13N3. The Bertz CT molecular complexity index is 281. The minimum Gasteiger partial charge on any atom is -0.366 e. The van der Waals surface area contributed by atoms with Crippen LogP contribution in [0.25, 0.3) is 0 Å². The molecule has 0 aliphatic heterocycles. The van der Waals surface area contributed by atoms with Crippen molar-refractivity contribution in [3.63, 3.8) is 0 Å². The molecule has 12 heavy (non-hydrogen) atoms. The van der Waals surface area contributed by atoms with Gasteiger partial charge in [-0.2, -0.15) is 0 Å². The summed E-state index contributed by atoms with van der Waals surface area (Å²) in [5.74, 6) is 0.891. The van der Waals surface area contributed by atoms with Crippen molar-refractivity contribution < 1.29 is 0 Å². The number of hydrogen-bond acceptors (Lipinski definition) is 3. The fourth-order valence-corrected chi connectivity index (χ4v) is 0.885. The average molecular weight is 163 g/mol. The summed E-state index contributed by atoms with van der Waals surface area (Å²) in [5, 5.41) is 3.13. The van der Waals surface area contributed by atoms with E-state index in [-0.39, 0.29) is 0 Å². The van der Waals surface area contributed by atoms with Crippen molar-refractivity contribution in [2.24, 2.45) is 0 Å². The Kier molecular flexibility index (Phi) is 2.80. The van der Waals surface area contributed by atoms with Gasteiger partial charge in [0.15, 0.2) is 0 Å². The maximum atomic E-state index is 4.11. The molecule has 0 bridgehead atoms. The van der Waals surface area contributed by atoms with Gasteiger partial charge in [-0.3, -0.25) is 0 Å². The molecule has 0 unspecified atom stereocenters. The number of rotatable bonds is 3. The molecule has 0 radical (unpaired) electrons.